The fourth-order valence-electron chi connectivity index (χ4n) is 3.83. The fourth-order valence-corrected chi connectivity index (χ4v) is 4.00. The van der Waals surface area contributed by atoms with Crippen LogP contribution in [0.4, 0.5) is 14.5 Å². The number of rotatable bonds is 5. The number of nitrogens with one attached hydrogen (secondary N) is 1. The highest BCUT2D eigenvalue weighted by molar-refractivity contribution is 6.31. The molecule has 2 aliphatic rings. The molecule has 2 amide bonds. The number of amides is 2. The predicted molar refractivity (Wildman–Crippen MR) is 104 cm³/mol. The van der Waals surface area contributed by atoms with Crippen molar-refractivity contribution in [2.75, 3.05) is 18.6 Å². The summed E-state index contributed by atoms with van der Waals surface area (Å²) in [4.78, 5) is 26.6. The van der Waals surface area contributed by atoms with Crippen LogP contribution in [-0.4, -0.2) is 31.5 Å². The molecule has 2 aromatic carbocycles. The Balaban J connectivity index is 1.43. The summed E-state index contributed by atoms with van der Waals surface area (Å²) in [5.41, 5.74) is 0.517. The van der Waals surface area contributed by atoms with E-state index in [9.17, 15) is 18.4 Å². The Morgan fingerprint density at radius 3 is 2.66 bits per heavy atom. The average molecular weight is 421 g/mol. The molecule has 5 nitrogen and oxygen atoms in total. The van der Waals surface area contributed by atoms with Crippen LogP contribution in [0.1, 0.15) is 24.3 Å². The molecule has 1 aliphatic carbocycles. The van der Waals surface area contributed by atoms with E-state index < -0.39 is 17.6 Å². The van der Waals surface area contributed by atoms with Crippen molar-refractivity contribution in [1.82, 2.24) is 5.32 Å². The van der Waals surface area contributed by atoms with E-state index in [1.54, 1.807) is 18.2 Å². The summed E-state index contributed by atoms with van der Waals surface area (Å²) in [6.07, 6.45) is 0.517. The van der Waals surface area contributed by atoms with Crippen molar-refractivity contribution in [3.8, 4) is 5.75 Å². The number of carbonyl (C=O) groups excluding carboxylic acids is 2. The van der Waals surface area contributed by atoms with Gasteiger partial charge in [0.05, 0.1) is 18.7 Å². The largest absolute Gasteiger partial charge is 0.495 e. The SMILES string of the molecule is COc1ccc(Cl)cc1N1C[C@H](C(=O)N[C@H]2C[C@H]2c2c(F)cccc2F)CC1=O. The summed E-state index contributed by atoms with van der Waals surface area (Å²) in [7, 11) is 1.49. The van der Waals surface area contributed by atoms with Crippen molar-refractivity contribution in [3.63, 3.8) is 0 Å². The van der Waals surface area contributed by atoms with Crippen LogP contribution in [0, 0.1) is 17.6 Å². The molecule has 4 rings (SSSR count). The van der Waals surface area contributed by atoms with Crippen LogP contribution in [0.15, 0.2) is 36.4 Å². The van der Waals surface area contributed by atoms with Gasteiger partial charge in [-0.15, -0.1) is 0 Å². The molecule has 0 aromatic heterocycles. The number of ether oxygens (including phenoxy) is 1. The van der Waals surface area contributed by atoms with Crippen molar-refractivity contribution in [3.05, 3.63) is 58.6 Å². The first-order chi connectivity index (χ1) is 13.9. The number of nitrogens with zero attached hydrogens (tertiary/aromatic N) is 1. The van der Waals surface area contributed by atoms with E-state index in [1.165, 1.54) is 30.2 Å². The van der Waals surface area contributed by atoms with Crippen molar-refractivity contribution < 1.29 is 23.1 Å². The molecular formula is C21H19ClF2N2O3. The van der Waals surface area contributed by atoms with Gasteiger partial charge < -0.3 is 15.0 Å². The highest BCUT2D eigenvalue weighted by atomic mass is 35.5. The average Bonchev–Trinajstić information content (AvgIpc) is 3.30. The van der Waals surface area contributed by atoms with E-state index in [0.717, 1.165) is 0 Å². The number of methoxy groups -OCH3 is 1. The van der Waals surface area contributed by atoms with Gasteiger partial charge in [0.15, 0.2) is 0 Å². The van der Waals surface area contributed by atoms with Gasteiger partial charge in [0.2, 0.25) is 11.8 Å². The number of hydrogen-bond donors (Lipinski definition) is 1. The number of hydrogen-bond acceptors (Lipinski definition) is 3. The first kappa shape index (κ1) is 19.6. The van der Waals surface area contributed by atoms with E-state index >= 15 is 0 Å². The van der Waals surface area contributed by atoms with E-state index in [4.69, 9.17) is 16.3 Å². The molecule has 1 saturated carbocycles. The Bertz CT molecular complexity index is 964. The first-order valence-corrected chi connectivity index (χ1v) is 9.65. The van der Waals surface area contributed by atoms with Gasteiger partial charge in [-0.1, -0.05) is 17.7 Å². The lowest BCUT2D eigenvalue weighted by Crippen LogP contribution is -2.35. The second kappa shape index (κ2) is 7.63. The standard InChI is InChI=1S/C21H19ClF2N2O3/c1-29-18-6-5-12(22)8-17(18)26-10-11(7-19(26)27)21(28)25-16-9-13(16)20-14(23)3-2-4-15(20)24/h2-6,8,11,13,16H,7,9-10H2,1H3,(H,25,28)/t11-,13-,16+/m1/s1. The summed E-state index contributed by atoms with van der Waals surface area (Å²) in [5.74, 6) is -2.19. The van der Waals surface area contributed by atoms with E-state index in [1.807, 2.05) is 0 Å². The lowest BCUT2D eigenvalue weighted by atomic mass is 10.1. The molecule has 1 N–H and O–H groups in total. The highest BCUT2D eigenvalue weighted by Gasteiger charge is 2.45. The third kappa shape index (κ3) is 3.79. The Morgan fingerprint density at radius 2 is 1.97 bits per heavy atom. The van der Waals surface area contributed by atoms with Gasteiger partial charge in [-0.25, -0.2) is 8.78 Å². The zero-order valence-electron chi connectivity index (χ0n) is 15.6. The summed E-state index contributed by atoms with van der Waals surface area (Å²) in [5, 5.41) is 3.28. The second-order valence-corrected chi connectivity index (χ2v) is 7.75. The number of benzene rings is 2. The number of halogens is 3. The lowest BCUT2D eigenvalue weighted by Gasteiger charge is -2.20. The third-order valence-corrected chi connectivity index (χ3v) is 5.65. The second-order valence-electron chi connectivity index (χ2n) is 7.31. The third-order valence-electron chi connectivity index (χ3n) is 5.42. The monoisotopic (exact) mass is 420 g/mol. The van der Waals surface area contributed by atoms with Crippen LogP contribution < -0.4 is 15.0 Å². The first-order valence-electron chi connectivity index (χ1n) is 9.27. The lowest BCUT2D eigenvalue weighted by molar-refractivity contribution is -0.126. The Kier molecular flexibility index (Phi) is 5.17. The zero-order valence-corrected chi connectivity index (χ0v) is 16.4. The van der Waals surface area contributed by atoms with E-state index in [0.29, 0.717) is 22.9 Å². The maximum Gasteiger partial charge on any atom is 0.227 e. The van der Waals surface area contributed by atoms with Gasteiger partial charge in [-0.3, -0.25) is 9.59 Å². The molecule has 1 saturated heterocycles. The number of carbonyl (C=O) groups is 2. The van der Waals surface area contributed by atoms with Gasteiger partial charge in [-0.05, 0) is 36.8 Å². The summed E-state index contributed by atoms with van der Waals surface area (Å²) >= 11 is 6.04. The van der Waals surface area contributed by atoms with Crippen LogP contribution in [0.5, 0.6) is 5.75 Å². The predicted octanol–water partition coefficient (Wildman–Crippen LogP) is 3.65. The van der Waals surface area contributed by atoms with Gasteiger partial charge >= 0.3 is 0 Å². The molecule has 1 aliphatic heterocycles. The molecule has 152 valence electrons. The summed E-state index contributed by atoms with van der Waals surface area (Å²) in [6.45, 7) is 0.187. The van der Waals surface area contributed by atoms with Crippen molar-refractivity contribution in [2.24, 2.45) is 5.92 Å². The maximum atomic E-state index is 13.9. The van der Waals surface area contributed by atoms with Crippen LogP contribution >= 0.6 is 11.6 Å². The van der Waals surface area contributed by atoms with E-state index in [-0.39, 0.29) is 42.3 Å². The van der Waals surface area contributed by atoms with Crippen molar-refractivity contribution in [2.45, 2.75) is 24.8 Å². The van der Waals surface area contributed by atoms with Gasteiger partial charge in [0, 0.05) is 35.5 Å². The smallest absolute Gasteiger partial charge is 0.227 e. The van der Waals surface area contributed by atoms with Crippen LogP contribution in [0.25, 0.3) is 0 Å². The molecule has 0 radical (unpaired) electrons. The molecule has 0 spiro atoms. The number of anilines is 1. The molecule has 0 unspecified atom stereocenters. The fraction of sp³-hybridized carbons (Fsp3) is 0.333. The van der Waals surface area contributed by atoms with Gasteiger partial charge in [0.25, 0.3) is 0 Å². The normalized spacial score (nSPS) is 23.2. The van der Waals surface area contributed by atoms with Crippen LogP contribution in [0.2, 0.25) is 5.02 Å². The highest BCUT2D eigenvalue weighted by Crippen LogP contribution is 2.43. The van der Waals surface area contributed by atoms with Crippen molar-refractivity contribution >= 4 is 29.1 Å². The van der Waals surface area contributed by atoms with Gasteiger partial charge in [0.1, 0.15) is 17.4 Å². The topological polar surface area (TPSA) is 58.6 Å². The summed E-state index contributed by atoms with van der Waals surface area (Å²) < 4.78 is 33.1. The van der Waals surface area contributed by atoms with Crippen LogP contribution in [-0.2, 0) is 9.59 Å². The Labute approximate surface area is 171 Å². The maximum absolute atomic E-state index is 13.9. The molecular weight excluding hydrogens is 402 g/mol. The van der Waals surface area contributed by atoms with Crippen LogP contribution in [0.3, 0.4) is 0 Å². The Morgan fingerprint density at radius 1 is 1.24 bits per heavy atom. The van der Waals surface area contributed by atoms with Gasteiger partial charge in [-0.2, -0.15) is 0 Å². The molecule has 1 heterocycles. The van der Waals surface area contributed by atoms with Crippen molar-refractivity contribution in [1.29, 1.82) is 0 Å². The summed E-state index contributed by atoms with van der Waals surface area (Å²) in [6, 6.07) is 8.34. The zero-order chi connectivity index (χ0) is 20.7. The molecule has 8 heteroatoms. The Hall–Kier alpha value is -2.67. The minimum atomic E-state index is -0.609. The molecule has 2 fully saturated rings. The molecule has 0 bridgehead atoms. The molecule has 3 atom stereocenters. The quantitative estimate of drug-likeness (QED) is 0.803. The van der Waals surface area contributed by atoms with E-state index in [2.05, 4.69) is 5.32 Å². The molecule has 29 heavy (non-hydrogen) atoms. The minimum Gasteiger partial charge on any atom is -0.495 e. The minimum absolute atomic E-state index is 0.00517. The molecule has 2 aromatic rings.